The first-order valence-electron chi connectivity index (χ1n) is 6.39. The smallest absolute Gasteiger partial charge is 0.251 e. The minimum absolute atomic E-state index is 0.132. The fourth-order valence-corrected chi connectivity index (χ4v) is 2.10. The highest BCUT2D eigenvalue weighted by atomic mass is 16.1. The SMILES string of the molecule is [2H]c1cc(=O)n(Cc2ccccc2)c2ccccc12. The third kappa shape index (κ3) is 1.93. The zero-order chi connectivity index (χ0) is 13.2. The lowest BCUT2D eigenvalue weighted by Crippen LogP contribution is -2.19. The largest absolute Gasteiger partial charge is 0.304 e. The van der Waals surface area contributed by atoms with Crippen molar-refractivity contribution in [1.82, 2.24) is 4.57 Å². The third-order valence-corrected chi connectivity index (χ3v) is 3.00. The maximum absolute atomic E-state index is 12.1. The van der Waals surface area contributed by atoms with Gasteiger partial charge in [0, 0.05) is 6.07 Å². The molecule has 1 aromatic heterocycles. The van der Waals surface area contributed by atoms with Gasteiger partial charge in [-0.15, -0.1) is 0 Å². The minimum Gasteiger partial charge on any atom is -0.304 e. The number of nitrogens with zero attached hydrogens (tertiary/aromatic N) is 1. The first kappa shape index (κ1) is 9.66. The van der Waals surface area contributed by atoms with Crippen LogP contribution in [-0.4, -0.2) is 4.57 Å². The van der Waals surface area contributed by atoms with Crippen molar-refractivity contribution in [3.8, 4) is 0 Å². The Morgan fingerprint density at radius 3 is 2.50 bits per heavy atom. The van der Waals surface area contributed by atoms with Crippen LogP contribution in [0.15, 0.2) is 71.5 Å². The first-order chi connectivity index (χ1) is 9.25. The number of hydrogen-bond acceptors (Lipinski definition) is 1. The fourth-order valence-electron chi connectivity index (χ4n) is 2.10. The van der Waals surface area contributed by atoms with Gasteiger partial charge in [-0.3, -0.25) is 4.79 Å². The van der Waals surface area contributed by atoms with Crippen LogP contribution in [0.4, 0.5) is 0 Å². The van der Waals surface area contributed by atoms with E-state index in [0.717, 1.165) is 16.5 Å². The van der Waals surface area contributed by atoms with Crippen LogP contribution < -0.4 is 5.56 Å². The van der Waals surface area contributed by atoms with Gasteiger partial charge in [-0.05, 0) is 23.1 Å². The number of fused-ring (bicyclic) bond motifs is 1. The van der Waals surface area contributed by atoms with Crippen molar-refractivity contribution in [1.29, 1.82) is 0 Å². The molecule has 0 saturated heterocycles. The monoisotopic (exact) mass is 236 g/mol. The molecule has 0 aliphatic rings. The summed E-state index contributed by atoms with van der Waals surface area (Å²) >= 11 is 0. The van der Waals surface area contributed by atoms with Crippen LogP contribution in [0.2, 0.25) is 0 Å². The second-order valence-electron chi connectivity index (χ2n) is 4.22. The Labute approximate surface area is 107 Å². The summed E-state index contributed by atoms with van der Waals surface area (Å²) in [5.74, 6) is 0. The maximum atomic E-state index is 12.1. The highest BCUT2D eigenvalue weighted by molar-refractivity contribution is 5.78. The van der Waals surface area contributed by atoms with Gasteiger partial charge in [-0.2, -0.15) is 0 Å². The van der Waals surface area contributed by atoms with Gasteiger partial charge in [0.2, 0.25) is 0 Å². The summed E-state index contributed by atoms with van der Waals surface area (Å²) in [4.78, 5) is 12.1. The average molecular weight is 236 g/mol. The molecular weight excluding hydrogens is 222 g/mol. The molecule has 0 radical (unpaired) electrons. The van der Waals surface area contributed by atoms with Crippen molar-refractivity contribution in [3.05, 3.63) is 82.6 Å². The summed E-state index contributed by atoms with van der Waals surface area (Å²) in [6.07, 6.45) is 0. The quantitative estimate of drug-likeness (QED) is 0.670. The van der Waals surface area contributed by atoms with E-state index in [2.05, 4.69) is 0 Å². The van der Waals surface area contributed by atoms with E-state index in [1.165, 1.54) is 6.07 Å². The Bertz CT molecular complexity index is 778. The number of benzene rings is 2. The van der Waals surface area contributed by atoms with Crippen molar-refractivity contribution in [3.63, 3.8) is 0 Å². The number of para-hydroxylation sites is 1. The topological polar surface area (TPSA) is 22.0 Å². The van der Waals surface area contributed by atoms with Crippen molar-refractivity contribution < 1.29 is 1.37 Å². The van der Waals surface area contributed by atoms with Gasteiger partial charge in [0.05, 0.1) is 13.4 Å². The lowest BCUT2D eigenvalue weighted by Gasteiger charge is -2.09. The van der Waals surface area contributed by atoms with E-state index in [9.17, 15) is 4.79 Å². The zero-order valence-electron chi connectivity index (χ0n) is 10.8. The van der Waals surface area contributed by atoms with Crippen LogP contribution in [0, 0.1) is 0 Å². The summed E-state index contributed by atoms with van der Waals surface area (Å²) in [6, 6.07) is 19.1. The van der Waals surface area contributed by atoms with E-state index < -0.39 is 0 Å². The molecule has 2 aromatic carbocycles. The summed E-state index contributed by atoms with van der Waals surface area (Å²) in [5.41, 5.74) is 1.75. The van der Waals surface area contributed by atoms with Gasteiger partial charge in [-0.1, -0.05) is 48.5 Å². The molecule has 2 nitrogen and oxygen atoms in total. The maximum Gasteiger partial charge on any atom is 0.251 e. The van der Waals surface area contributed by atoms with Gasteiger partial charge in [0.1, 0.15) is 0 Å². The molecule has 0 unspecified atom stereocenters. The predicted octanol–water partition coefficient (Wildman–Crippen LogP) is 3.05. The lowest BCUT2D eigenvalue weighted by molar-refractivity contribution is 0.795. The normalized spacial score (nSPS) is 11.4. The van der Waals surface area contributed by atoms with Gasteiger partial charge >= 0.3 is 0 Å². The summed E-state index contributed by atoms with van der Waals surface area (Å²) in [5, 5.41) is 0.804. The summed E-state index contributed by atoms with van der Waals surface area (Å²) in [6.45, 7) is 0.528. The second-order valence-corrected chi connectivity index (χ2v) is 4.22. The fraction of sp³-hybridized carbons (Fsp3) is 0.0625. The van der Waals surface area contributed by atoms with Crippen molar-refractivity contribution >= 4 is 10.9 Å². The van der Waals surface area contributed by atoms with Crippen LogP contribution >= 0.6 is 0 Å². The number of aromatic nitrogens is 1. The predicted molar refractivity (Wildman–Crippen MR) is 73.8 cm³/mol. The van der Waals surface area contributed by atoms with Crippen LogP contribution in [0.25, 0.3) is 10.9 Å². The van der Waals surface area contributed by atoms with Gasteiger partial charge in [0.15, 0.2) is 0 Å². The highest BCUT2D eigenvalue weighted by Gasteiger charge is 2.02. The van der Waals surface area contributed by atoms with Gasteiger partial charge < -0.3 is 4.57 Å². The molecular formula is C16H13NO. The molecule has 0 fully saturated rings. The standard InChI is InChI=1S/C16H13NO/c18-16-11-10-14-8-4-5-9-15(14)17(16)12-13-6-2-1-3-7-13/h1-11H,12H2/i10D. The average Bonchev–Trinajstić information content (AvgIpc) is 2.45. The van der Waals surface area contributed by atoms with Crippen LogP contribution in [-0.2, 0) is 6.54 Å². The van der Waals surface area contributed by atoms with Crippen LogP contribution in [0.5, 0.6) is 0 Å². The molecule has 0 N–H and O–H groups in total. The first-order valence-corrected chi connectivity index (χ1v) is 5.89. The molecule has 3 rings (SSSR count). The van der Waals surface area contributed by atoms with E-state index in [1.54, 1.807) is 4.57 Å². The number of hydrogen-bond donors (Lipinski definition) is 0. The molecule has 0 amide bonds. The molecule has 3 aromatic rings. The molecule has 0 saturated carbocycles. The lowest BCUT2D eigenvalue weighted by atomic mass is 10.2. The molecule has 0 spiro atoms. The minimum atomic E-state index is -0.132. The second kappa shape index (κ2) is 4.49. The van der Waals surface area contributed by atoms with Gasteiger partial charge in [-0.25, -0.2) is 0 Å². The molecule has 0 atom stereocenters. The van der Waals surface area contributed by atoms with E-state index in [-0.39, 0.29) is 11.6 Å². The van der Waals surface area contributed by atoms with E-state index >= 15 is 0 Å². The van der Waals surface area contributed by atoms with Crippen LogP contribution in [0.3, 0.4) is 0 Å². The molecule has 0 bridgehead atoms. The molecule has 1 heterocycles. The van der Waals surface area contributed by atoms with E-state index in [1.807, 2.05) is 54.6 Å². The Hall–Kier alpha value is -2.35. The highest BCUT2D eigenvalue weighted by Crippen LogP contribution is 2.12. The molecule has 0 aliphatic heterocycles. The third-order valence-electron chi connectivity index (χ3n) is 3.00. The van der Waals surface area contributed by atoms with E-state index in [4.69, 9.17) is 1.37 Å². The van der Waals surface area contributed by atoms with Crippen LogP contribution in [0.1, 0.15) is 6.93 Å². The molecule has 0 aliphatic carbocycles. The number of pyridine rings is 1. The Kier molecular flexibility index (Phi) is 2.41. The summed E-state index contributed by atoms with van der Waals surface area (Å²) in [7, 11) is 0. The van der Waals surface area contributed by atoms with E-state index in [0.29, 0.717) is 6.54 Å². The molecule has 18 heavy (non-hydrogen) atoms. The number of rotatable bonds is 2. The van der Waals surface area contributed by atoms with Crippen molar-refractivity contribution in [2.45, 2.75) is 6.54 Å². The summed E-state index contributed by atoms with van der Waals surface area (Å²) < 4.78 is 9.58. The Morgan fingerprint density at radius 2 is 1.67 bits per heavy atom. The molecule has 2 heteroatoms. The van der Waals surface area contributed by atoms with Crippen molar-refractivity contribution in [2.75, 3.05) is 0 Å². The Balaban J connectivity index is 2.21. The molecule has 88 valence electrons. The Morgan fingerprint density at radius 1 is 0.944 bits per heavy atom. The zero-order valence-corrected chi connectivity index (χ0v) is 9.84. The van der Waals surface area contributed by atoms with Gasteiger partial charge in [0.25, 0.3) is 5.56 Å². The van der Waals surface area contributed by atoms with Crippen molar-refractivity contribution in [2.24, 2.45) is 0 Å².